The van der Waals surface area contributed by atoms with E-state index in [0.29, 0.717) is 29.3 Å². The summed E-state index contributed by atoms with van der Waals surface area (Å²) in [7, 11) is 0. The molecule has 2 amide bonds. The van der Waals surface area contributed by atoms with Crippen molar-refractivity contribution in [2.75, 3.05) is 16.9 Å². The zero-order valence-electron chi connectivity index (χ0n) is 13.1. The Bertz CT molecular complexity index is 603. The van der Waals surface area contributed by atoms with E-state index in [4.69, 9.17) is 5.11 Å². The van der Waals surface area contributed by atoms with E-state index in [1.807, 2.05) is 0 Å². The Morgan fingerprint density at radius 2 is 2.00 bits per heavy atom. The van der Waals surface area contributed by atoms with Crippen molar-refractivity contribution in [3.63, 3.8) is 0 Å². The van der Waals surface area contributed by atoms with Crippen molar-refractivity contribution >= 4 is 35.2 Å². The SMILES string of the molecule is CCC(=O)N1CSCC1C(=O)Nc1ccc(C(C)C(=O)O)cc1. The molecule has 2 N–H and O–H groups in total. The van der Waals surface area contributed by atoms with Crippen LogP contribution in [-0.4, -0.2) is 45.5 Å². The highest BCUT2D eigenvalue weighted by Gasteiger charge is 2.33. The number of hydrogen-bond acceptors (Lipinski definition) is 4. The Balaban J connectivity index is 2.03. The molecule has 23 heavy (non-hydrogen) atoms. The van der Waals surface area contributed by atoms with E-state index in [0.717, 1.165) is 0 Å². The number of hydrogen-bond donors (Lipinski definition) is 2. The van der Waals surface area contributed by atoms with Crippen molar-refractivity contribution in [1.29, 1.82) is 0 Å². The van der Waals surface area contributed by atoms with Crippen molar-refractivity contribution in [2.24, 2.45) is 0 Å². The van der Waals surface area contributed by atoms with Gasteiger partial charge >= 0.3 is 5.97 Å². The summed E-state index contributed by atoms with van der Waals surface area (Å²) in [6.07, 6.45) is 0.381. The summed E-state index contributed by atoms with van der Waals surface area (Å²) >= 11 is 1.56. The molecule has 0 radical (unpaired) electrons. The molecule has 2 rings (SSSR count). The number of carboxylic acid groups (broad SMARTS) is 1. The van der Waals surface area contributed by atoms with E-state index in [1.54, 1.807) is 54.8 Å². The second-order valence-corrected chi connectivity index (χ2v) is 6.40. The van der Waals surface area contributed by atoms with Gasteiger partial charge < -0.3 is 15.3 Å². The van der Waals surface area contributed by atoms with Crippen LogP contribution in [0.4, 0.5) is 5.69 Å². The number of thioether (sulfide) groups is 1. The molecule has 1 aliphatic heterocycles. The summed E-state index contributed by atoms with van der Waals surface area (Å²) < 4.78 is 0. The predicted molar refractivity (Wildman–Crippen MR) is 89.4 cm³/mol. The molecule has 1 saturated heterocycles. The van der Waals surface area contributed by atoms with E-state index in [2.05, 4.69) is 5.32 Å². The molecule has 1 aromatic carbocycles. The lowest BCUT2D eigenvalue weighted by atomic mass is 10.0. The van der Waals surface area contributed by atoms with Gasteiger partial charge in [0.25, 0.3) is 0 Å². The molecule has 1 aliphatic rings. The lowest BCUT2D eigenvalue weighted by Crippen LogP contribution is -2.44. The number of aliphatic carboxylic acids is 1. The van der Waals surface area contributed by atoms with Crippen LogP contribution in [0.3, 0.4) is 0 Å². The van der Waals surface area contributed by atoms with Crippen molar-refractivity contribution in [3.8, 4) is 0 Å². The Labute approximate surface area is 139 Å². The minimum absolute atomic E-state index is 0.0271. The Morgan fingerprint density at radius 1 is 1.35 bits per heavy atom. The van der Waals surface area contributed by atoms with E-state index < -0.39 is 17.9 Å². The average Bonchev–Trinajstić information content (AvgIpc) is 3.03. The number of carboxylic acids is 1. The van der Waals surface area contributed by atoms with Crippen molar-refractivity contribution in [3.05, 3.63) is 29.8 Å². The smallest absolute Gasteiger partial charge is 0.310 e. The standard InChI is InChI=1S/C16H20N2O4S/c1-3-14(19)18-9-23-8-13(18)15(20)17-12-6-4-11(5-7-12)10(2)16(21)22/h4-7,10,13H,3,8-9H2,1-2H3,(H,17,20)(H,21,22). The second-order valence-electron chi connectivity index (χ2n) is 5.40. The molecule has 0 aromatic heterocycles. The molecule has 6 nitrogen and oxygen atoms in total. The zero-order chi connectivity index (χ0) is 17.0. The number of carbonyl (C=O) groups is 3. The largest absolute Gasteiger partial charge is 0.481 e. The van der Waals surface area contributed by atoms with Gasteiger partial charge in [0.15, 0.2) is 0 Å². The highest BCUT2D eigenvalue weighted by Crippen LogP contribution is 2.23. The maximum absolute atomic E-state index is 12.4. The second kappa shape index (κ2) is 7.50. The quantitative estimate of drug-likeness (QED) is 0.860. The summed E-state index contributed by atoms with van der Waals surface area (Å²) in [5.41, 5.74) is 1.27. The van der Waals surface area contributed by atoms with Crippen LogP contribution in [0.1, 0.15) is 31.7 Å². The Morgan fingerprint density at radius 3 is 2.57 bits per heavy atom. The van der Waals surface area contributed by atoms with Gasteiger partial charge in [-0.3, -0.25) is 14.4 Å². The Hall–Kier alpha value is -2.02. The fraction of sp³-hybridized carbons (Fsp3) is 0.438. The van der Waals surface area contributed by atoms with Crippen LogP contribution in [0.2, 0.25) is 0 Å². The highest BCUT2D eigenvalue weighted by molar-refractivity contribution is 7.99. The molecule has 1 fully saturated rings. The van der Waals surface area contributed by atoms with E-state index >= 15 is 0 Å². The van der Waals surface area contributed by atoms with Crippen molar-refractivity contribution in [2.45, 2.75) is 32.2 Å². The van der Waals surface area contributed by atoms with Gasteiger partial charge in [-0.25, -0.2) is 0 Å². The number of anilines is 1. The number of nitrogens with zero attached hydrogens (tertiary/aromatic N) is 1. The normalized spacial score (nSPS) is 18.5. The van der Waals surface area contributed by atoms with E-state index in [1.165, 1.54) is 0 Å². The maximum atomic E-state index is 12.4. The summed E-state index contributed by atoms with van der Waals surface area (Å²) in [4.78, 5) is 36.8. The molecular weight excluding hydrogens is 316 g/mol. The number of nitrogens with one attached hydrogen (secondary N) is 1. The fourth-order valence-electron chi connectivity index (χ4n) is 2.33. The van der Waals surface area contributed by atoms with Crippen molar-refractivity contribution < 1.29 is 19.5 Å². The van der Waals surface area contributed by atoms with Crippen LogP contribution in [0.25, 0.3) is 0 Å². The molecular formula is C16H20N2O4S. The lowest BCUT2D eigenvalue weighted by molar-refractivity contribution is -0.138. The molecule has 0 bridgehead atoms. The molecule has 0 spiro atoms. The van der Waals surface area contributed by atoms with Gasteiger partial charge in [0.05, 0.1) is 11.8 Å². The summed E-state index contributed by atoms with van der Waals surface area (Å²) in [6, 6.07) is 6.28. The van der Waals surface area contributed by atoms with Crippen LogP contribution >= 0.6 is 11.8 Å². The molecule has 2 atom stereocenters. The highest BCUT2D eigenvalue weighted by atomic mass is 32.2. The van der Waals surface area contributed by atoms with Gasteiger partial charge in [-0.2, -0.15) is 0 Å². The first-order valence-electron chi connectivity index (χ1n) is 7.45. The number of benzene rings is 1. The average molecular weight is 336 g/mol. The number of amides is 2. The third-order valence-corrected chi connectivity index (χ3v) is 4.87. The fourth-order valence-corrected chi connectivity index (χ4v) is 3.51. The molecule has 124 valence electrons. The third-order valence-electron chi connectivity index (χ3n) is 3.86. The first kappa shape index (κ1) is 17.3. The van der Waals surface area contributed by atoms with Gasteiger partial charge in [-0.1, -0.05) is 19.1 Å². The van der Waals surface area contributed by atoms with Gasteiger partial charge in [0, 0.05) is 17.9 Å². The maximum Gasteiger partial charge on any atom is 0.310 e. The predicted octanol–water partition coefficient (Wildman–Crippen LogP) is 2.12. The van der Waals surface area contributed by atoms with Gasteiger partial charge in [0.1, 0.15) is 6.04 Å². The number of carbonyl (C=O) groups excluding carboxylic acids is 2. The lowest BCUT2D eigenvalue weighted by Gasteiger charge is -2.22. The van der Waals surface area contributed by atoms with Crippen LogP contribution < -0.4 is 5.32 Å². The van der Waals surface area contributed by atoms with Gasteiger partial charge in [-0.15, -0.1) is 11.8 Å². The summed E-state index contributed by atoms with van der Waals surface area (Å²) in [6.45, 7) is 3.39. The topological polar surface area (TPSA) is 86.7 Å². The molecule has 0 aliphatic carbocycles. The van der Waals surface area contributed by atoms with Gasteiger partial charge in [-0.05, 0) is 24.6 Å². The summed E-state index contributed by atoms with van der Waals surface area (Å²) in [5, 5.41) is 11.8. The first-order valence-corrected chi connectivity index (χ1v) is 8.60. The van der Waals surface area contributed by atoms with Crippen LogP contribution in [0, 0.1) is 0 Å². The molecule has 0 saturated carbocycles. The van der Waals surface area contributed by atoms with Crippen LogP contribution in [0.5, 0.6) is 0 Å². The zero-order valence-corrected chi connectivity index (χ0v) is 13.9. The van der Waals surface area contributed by atoms with Crippen molar-refractivity contribution in [1.82, 2.24) is 4.90 Å². The first-order chi connectivity index (χ1) is 10.9. The van der Waals surface area contributed by atoms with Crippen LogP contribution in [-0.2, 0) is 14.4 Å². The Kier molecular flexibility index (Phi) is 5.65. The minimum Gasteiger partial charge on any atom is -0.481 e. The number of rotatable bonds is 5. The monoisotopic (exact) mass is 336 g/mol. The van der Waals surface area contributed by atoms with E-state index in [-0.39, 0.29) is 11.8 Å². The molecule has 1 heterocycles. The third kappa shape index (κ3) is 4.04. The molecule has 7 heteroatoms. The van der Waals surface area contributed by atoms with Crippen LogP contribution in [0.15, 0.2) is 24.3 Å². The minimum atomic E-state index is -0.890. The molecule has 2 unspecified atom stereocenters. The van der Waals surface area contributed by atoms with Gasteiger partial charge in [0.2, 0.25) is 11.8 Å². The van der Waals surface area contributed by atoms with E-state index in [9.17, 15) is 14.4 Å². The summed E-state index contributed by atoms with van der Waals surface area (Å²) in [5.74, 6) is -0.593. The molecule has 1 aromatic rings.